The van der Waals surface area contributed by atoms with E-state index < -0.39 is 5.60 Å². The molecule has 0 spiro atoms. The van der Waals surface area contributed by atoms with Crippen LogP contribution in [0.4, 0.5) is 10.1 Å². The van der Waals surface area contributed by atoms with Crippen molar-refractivity contribution in [3.8, 4) is 0 Å². The molecule has 88 valence electrons. The Morgan fingerprint density at radius 1 is 1.25 bits per heavy atom. The summed E-state index contributed by atoms with van der Waals surface area (Å²) in [7, 11) is 0. The first kappa shape index (κ1) is 11.4. The minimum atomic E-state index is -0.982. The second-order valence-electron chi connectivity index (χ2n) is 4.92. The van der Waals surface area contributed by atoms with Gasteiger partial charge in [-0.25, -0.2) is 4.39 Å². The smallest absolute Gasteiger partial charge is 0.146 e. The maximum atomic E-state index is 13.9. The highest BCUT2D eigenvalue weighted by Crippen LogP contribution is 2.28. The number of hydrogen-bond donors (Lipinski definition) is 1. The number of halogens is 1. The molecule has 1 aliphatic rings. The van der Waals surface area contributed by atoms with Crippen LogP contribution in [0.25, 0.3) is 0 Å². The Hall–Kier alpha value is -1.09. The molecule has 0 unspecified atom stereocenters. The predicted octanol–water partition coefficient (Wildman–Crippen LogP) is 2.65. The van der Waals surface area contributed by atoms with E-state index >= 15 is 0 Å². The van der Waals surface area contributed by atoms with Crippen LogP contribution in [0.5, 0.6) is 0 Å². The third-order valence-corrected chi connectivity index (χ3v) is 3.10. The molecule has 0 amide bonds. The maximum absolute atomic E-state index is 13.9. The lowest BCUT2D eigenvalue weighted by atomic mass is 9.98. The summed E-state index contributed by atoms with van der Waals surface area (Å²) in [5.74, 6) is -0.235. The Morgan fingerprint density at radius 2 is 1.88 bits per heavy atom. The van der Waals surface area contributed by atoms with E-state index in [-0.39, 0.29) is 5.82 Å². The summed E-state index contributed by atoms with van der Waals surface area (Å²) in [6.45, 7) is 5.19. The molecule has 1 aliphatic heterocycles. The Balaban J connectivity index is 2.29. The largest absolute Gasteiger partial charge is 0.386 e. The van der Waals surface area contributed by atoms with Gasteiger partial charge in [0.05, 0.1) is 11.3 Å². The lowest BCUT2D eigenvalue weighted by molar-refractivity contribution is 0.0782. The zero-order valence-corrected chi connectivity index (χ0v) is 9.83. The lowest BCUT2D eigenvalue weighted by Gasteiger charge is -2.22. The van der Waals surface area contributed by atoms with Gasteiger partial charge in [0.25, 0.3) is 0 Å². The molecule has 3 heteroatoms. The first-order chi connectivity index (χ1) is 7.48. The molecule has 0 aliphatic carbocycles. The third kappa shape index (κ3) is 2.19. The van der Waals surface area contributed by atoms with Crippen LogP contribution in [-0.2, 0) is 5.60 Å². The van der Waals surface area contributed by atoms with E-state index in [1.165, 1.54) is 6.07 Å². The fraction of sp³-hybridized carbons (Fsp3) is 0.538. The second kappa shape index (κ2) is 4.06. The van der Waals surface area contributed by atoms with E-state index in [1.807, 2.05) is 0 Å². The van der Waals surface area contributed by atoms with Gasteiger partial charge < -0.3 is 10.0 Å². The van der Waals surface area contributed by atoms with E-state index in [2.05, 4.69) is 4.90 Å². The quantitative estimate of drug-likeness (QED) is 0.833. The van der Waals surface area contributed by atoms with Gasteiger partial charge in [0.2, 0.25) is 0 Å². The number of benzene rings is 1. The summed E-state index contributed by atoms with van der Waals surface area (Å²) in [6.07, 6.45) is 2.26. The van der Waals surface area contributed by atoms with Gasteiger partial charge in [-0.1, -0.05) is 6.07 Å². The molecule has 16 heavy (non-hydrogen) atoms. The van der Waals surface area contributed by atoms with E-state index in [1.54, 1.807) is 26.0 Å². The van der Waals surface area contributed by atoms with E-state index in [9.17, 15) is 9.50 Å². The highest BCUT2D eigenvalue weighted by atomic mass is 19.1. The molecule has 1 aromatic carbocycles. The molecule has 1 aromatic rings. The summed E-state index contributed by atoms with van der Waals surface area (Å²) < 4.78 is 13.9. The minimum absolute atomic E-state index is 0.235. The molecule has 0 radical (unpaired) electrons. The predicted molar refractivity (Wildman–Crippen MR) is 63.1 cm³/mol. The summed E-state index contributed by atoms with van der Waals surface area (Å²) in [5.41, 5.74) is 0.295. The van der Waals surface area contributed by atoms with Gasteiger partial charge in [0, 0.05) is 13.1 Å². The highest BCUT2D eigenvalue weighted by Gasteiger charge is 2.20. The van der Waals surface area contributed by atoms with Crippen LogP contribution in [0.2, 0.25) is 0 Å². The molecule has 1 fully saturated rings. The van der Waals surface area contributed by atoms with Crippen LogP contribution in [0.1, 0.15) is 32.3 Å². The topological polar surface area (TPSA) is 23.5 Å². The SMILES string of the molecule is CC(C)(O)c1ccc(N2CCCC2)c(F)c1. The molecular weight excluding hydrogens is 205 g/mol. The molecule has 1 saturated heterocycles. The first-order valence-electron chi connectivity index (χ1n) is 5.76. The average Bonchev–Trinajstić information content (AvgIpc) is 2.69. The van der Waals surface area contributed by atoms with Crippen LogP contribution in [0.15, 0.2) is 18.2 Å². The molecule has 0 bridgehead atoms. The van der Waals surface area contributed by atoms with E-state index in [0.717, 1.165) is 25.9 Å². The first-order valence-corrected chi connectivity index (χ1v) is 5.76. The zero-order valence-electron chi connectivity index (χ0n) is 9.83. The maximum Gasteiger partial charge on any atom is 0.146 e. The summed E-state index contributed by atoms with van der Waals surface area (Å²) in [4.78, 5) is 2.06. The van der Waals surface area contributed by atoms with Crippen molar-refractivity contribution in [2.24, 2.45) is 0 Å². The number of aliphatic hydroxyl groups is 1. The molecule has 2 nitrogen and oxygen atoms in total. The number of rotatable bonds is 2. The normalized spacial score (nSPS) is 16.9. The minimum Gasteiger partial charge on any atom is -0.386 e. The average molecular weight is 223 g/mol. The summed E-state index contributed by atoms with van der Waals surface area (Å²) >= 11 is 0. The van der Waals surface area contributed by atoms with Gasteiger partial charge in [0.1, 0.15) is 5.82 Å². The highest BCUT2D eigenvalue weighted by molar-refractivity contribution is 5.50. The fourth-order valence-electron chi connectivity index (χ4n) is 2.10. The number of hydrogen-bond acceptors (Lipinski definition) is 2. The van der Waals surface area contributed by atoms with Crippen LogP contribution in [0.3, 0.4) is 0 Å². The molecular formula is C13H18FNO. The lowest BCUT2D eigenvalue weighted by Crippen LogP contribution is -2.20. The second-order valence-corrected chi connectivity index (χ2v) is 4.92. The van der Waals surface area contributed by atoms with Crippen LogP contribution < -0.4 is 4.90 Å². The monoisotopic (exact) mass is 223 g/mol. The van der Waals surface area contributed by atoms with Crippen molar-refractivity contribution in [3.05, 3.63) is 29.6 Å². The van der Waals surface area contributed by atoms with Crippen molar-refractivity contribution in [1.82, 2.24) is 0 Å². The Labute approximate surface area is 95.7 Å². The fourth-order valence-corrected chi connectivity index (χ4v) is 2.10. The van der Waals surface area contributed by atoms with Crippen molar-refractivity contribution in [2.45, 2.75) is 32.3 Å². The van der Waals surface area contributed by atoms with Crippen LogP contribution in [-0.4, -0.2) is 18.2 Å². The standard InChI is InChI=1S/C13H18FNO/c1-13(2,16)10-5-6-12(11(14)9-10)15-7-3-4-8-15/h5-6,9,16H,3-4,7-8H2,1-2H3. The van der Waals surface area contributed by atoms with Gasteiger partial charge in [-0.3, -0.25) is 0 Å². The van der Waals surface area contributed by atoms with Crippen LogP contribution >= 0.6 is 0 Å². The number of anilines is 1. The van der Waals surface area contributed by atoms with E-state index in [4.69, 9.17) is 0 Å². The van der Waals surface area contributed by atoms with Crippen molar-refractivity contribution >= 4 is 5.69 Å². The summed E-state index contributed by atoms with van der Waals surface area (Å²) in [6, 6.07) is 5.01. The summed E-state index contributed by atoms with van der Waals surface area (Å²) in [5, 5.41) is 9.79. The van der Waals surface area contributed by atoms with E-state index in [0.29, 0.717) is 11.3 Å². The molecule has 0 atom stereocenters. The molecule has 1 heterocycles. The van der Waals surface area contributed by atoms with Gasteiger partial charge in [-0.05, 0) is 44.4 Å². The Morgan fingerprint density at radius 3 is 2.38 bits per heavy atom. The third-order valence-electron chi connectivity index (χ3n) is 3.10. The molecule has 0 saturated carbocycles. The number of nitrogens with zero attached hydrogens (tertiary/aromatic N) is 1. The Bertz CT molecular complexity index is 378. The van der Waals surface area contributed by atoms with Crippen LogP contribution in [0, 0.1) is 5.82 Å². The molecule has 2 rings (SSSR count). The van der Waals surface area contributed by atoms with Gasteiger partial charge in [0.15, 0.2) is 0 Å². The van der Waals surface area contributed by atoms with Gasteiger partial charge in [-0.2, -0.15) is 0 Å². The van der Waals surface area contributed by atoms with Crippen molar-refractivity contribution in [3.63, 3.8) is 0 Å². The van der Waals surface area contributed by atoms with Gasteiger partial charge >= 0.3 is 0 Å². The van der Waals surface area contributed by atoms with Crippen molar-refractivity contribution in [2.75, 3.05) is 18.0 Å². The molecule has 1 N–H and O–H groups in total. The zero-order chi connectivity index (χ0) is 11.8. The molecule has 0 aromatic heterocycles. The van der Waals surface area contributed by atoms with Gasteiger partial charge in [-0.15, -0.1) is 0 Å². The van der Waals surface area contributed by atoms with Crippen molar-refractivity contribution < 1.29 is 9.50 Å². The Kier molecular flexibility index (Phi) is 2.89. The van der Waals surface area contributed by atoms with Crippen molar-refractivity contribution in [1.29, 1.82) is 0 Å².